The smallest absolute Gasteiger partial charge is 0.404 e. The molecule has 1 heterocycles. The maximum atomic E-state index is 11.0. The molecule has 0 saturated heterocycles. The van der Waals surface area contributed by atoms with E-state index in [0.717, 1.165) is 6.26 Å². The third kappa shape index (κ3) is 4.13. The third-order valence-corrected chi connectivity index (χ3v) is 2.11. The number of nitrogens with zero attached hydrogens (tertiary/aromatic N) is 1. The SMILES string of the molecule is CS(=O)(=O)Nc1ncccc1COC(N)=O. The van der Waals surface area contributed by atoms with Gasteiger partial charge in [0, 0.05) is 11.8 Å². The standard InChI is InChI=1S/C8H11N3O4S/c1-16(13,14)11-7-6(3-2-4-10-7)5-15-8(9)12/h2-4H,5H2,1H3,(H2,9,12)(H,10,11). The summed E-state index contributed by atoms with van der Waals surface area (Å²) in [5.74, 6) is 0.117. The minimum Gasteiger partial charge on any atom is -0.445 e. The summed E-state index contributed by atoms with van der Waals surface area (Å²) in [6.45, 7) is -0.138. The number of rotatable bonds is 4. The number of hydrogen-bond acceptors (Lipinski definition) is 5. The molecule has 0 aliphatic rings. The molecule has 7 nitrogen and oxygen atoms in total. The summed E-state index contributed by atoms with van der Waals surface area (Å²) >= 11 is 0. The number of aromatic nitrogens is 1. The molecule has 88 valence electrons. The lowest BCUT2D eigenvalue weighted by atomic mass is 10.3. The second-order valence-corrected chi connectivity index (χ2v) is 4.74. The van der Waals surface area contributed by atoms with E-state index in [4.69, 9.17) is 5.73 Å². The Bertz CT molecular complexity index is 486. The lowest BCUT2D eigenvalue weighted by molar-refractivity contribution is 0.150. The third-order valence-electron chi connectivity index (χ3n) is 1.54. The molecule has 1 aromatic rings. The molecule has 0 aliphatic heterocycles. The molecule has 16 heavy (non-hydrogen) atoms. The predicted octanol–water partition coefficient (Wildman–Crippen LogP) is 0.0484. The second-order valence-electron chi connectivity index (χ2n) is 2.99. The molecular weight excluding hydrogens is 234 g/mol. The van der Waals surface area contributed by atoms with E-state index in [1.807, 2.05) is 0 Å². The molecule has 1 aromatic heterocycles. The zero-order valence-electron chi connectivity index (χ0n) is 8.50. The number of primary amides is 1. The van der Waals surface area contributed by atoms with Crippen molar-refractivity contribution < 1.29 is 17.9 Å². The molecule has 1 amide bonds. The van der Waals surface area contributed by atoms with Crippen LogP contribution in [-0.4, -0.2) is 25.8 Å². The van der Waals surface area contributed by atoms with Crippen LogP contribution >= 0.6 is 0 Å². The van der Waals surface area contributed by atoms with E-state index < -0.39 is 16.1 Å². The fourth-order valence-electron chi connectivity index (χ4n) is 0.971. The average Bonchev–Trinajstić information content (AvgIpc) is 2.14. The highest BCUT2D eigenvalue weighted by Crippen LogP contribution is 2.13. The molecule has 3 N–H and O–H groups in total. The number of hydrogen-bond donors (Lipinski definition) is 2. The fraction of sp³-hybridized carbons (Fsp3) is 0.250. The van der Waals surface area contributed by atoms with E-state index in [1.54, 1.807) is 12.1 Å². The van der Waals surface area contributed by atoms with Gasteiger partial charge in [-0.3, -0.25) is 4.72 Å². The van der Waals surface area contributed by atoms with Gasteiger partial charge in [-0.2, -0.15) is 0 Å². The van der Waals surface area contributed by atoms with Crippen LogP contribution in [0.4, 0.5) is 10.6 Å². The Morgan fingerprint density at radius 3 is 2.88 bits per heavy atom. The van der Waals surface area contributed by atoms with Crippen LogP contribution in [0.15, 0.2) is 18.3 Å². The highest BCUT2D eigenvalue weighted by atomic mass is 32.2. The van der Waals surface area contributed by atoms with E-state index in [9.17, 15) is 13.2 Å². The number of anilines is 1. The van der Waals surface area contributed by atoms with Gasteiger partial charge in [-0.15, -0.1) is 0 Å². The predicted molar refractivity (Wildman–Crippen MR) is 57.1 cm³/mol. The first-order chi connectivity index (χ1) is 7.38. The first-order valence-corrected chi connectivity index (χ1v) is 6.11. The van der Waals surface area contributed by atoms with Gasteiger partial charge in [0.2, 0.25) is 10.0 Å². The molecule has 0 spiro atoms. The molecule has 0 aliphatic carbocycles. The van der Waals surface area contributed by atoms with Crippen LogP contribution in [0.25, 0.3) is 0 Å². The van der Waals surface area contributed by atoms with Gasteiger partial charge in [0.1, 0.15) is 12.4 Å². The molecule has 0 bridgehead atoms. The number of carbonyl (C=O) groups excluding carboxylic acids is 1. The normalized spacial score (nSPS) is 10.8. The maximum absolute atomic E-state index is 11.0. The topological polar surface area (TPSA) is 111 Å². The van der Waals surface area contributed by atoms with Gasteiger partial charge in [-0.05, 0) is 6.07 Å². The summed E-state index contributed by atoms with van der Waals surface area (Å²) in [5, 5.41) is 0. The van der Waals surface area contributed by atoms with Gasteiger partial charge in [0.25, 0.3) is 0 Å². The Hall–Kier alpha value is -1.83. The first kappa shape index (κ1) is 12.2. The number of carbonyl (C=O) groups is 1. The quantitative estimate of drug-likeness (QED) is 0.778. The van der Waals surface area contributed by atoms with Crippen molar-refractivity contribution in [2.75, 3.05) is 11.0 Å². The number of nitrogens with two attached hydrogens (primary N) is 1. The van der Waals surface area contributed by atoms with Crippen molar-refractivity contribution in [2.24, 2.45) is 5.73 Å². The lowest BCUT2D eigenvalue weighted by Crippen LogP contribution is -2.16. The Balaban J connectivity index is 2.87. The van der Waals surface area contributed by atoms with E-state index >= 15 is 0 Å². The molecule has 0 fully saturated rings. The van der Waals surface area contributed by atoms with Gasteiger partial charge in [-0.25, -0.2) is 18.2 Å². The monoisotopic (exact) mass is 245 g/mol. The minimum absolute atomic E-state index is 0.117. The van der Waals surface area contributed by atoms with Gasteiger partial charge < -0.3 is 10.5 Å². The highest BCUT2D eigenvalue weighted by Gasteiger charge is 2.09. The largest absolute Gasteiger partial charge is 0.445 e. The lowest BCUT2D eigenvalue weighted by Gasteiger charge is -2.08. The van der Waals surface area contributed by atoms with Gasteiger partial charge in [0.05, 0.1) is 6.26 Å². The molecule has 1 rings (SSSR count). The highest BCUT2D eigenvalue weighted by molar-refractivity contribution is 7.92. The number of amides is 1. The number of pyridine rings is 1. The molecule has 0 atom stereocenters. The summed E-state index contributed by atoms with van der Waals surface area (Å²) in [6.07, 6.45) is 1.48. The van der Waals surface area contributed by atoms with Crippen LogP contribution in [0.2, 0.25) is 0 Å². The van der Waals surface area contributed by atoms with Crippen molar-refractivity contribution in [3.8, 4) is 0 Å². The van der Waals surface area contributed by atoms with Gasteiger partial charge >= 0.3 is 6.09 Å². The molecular formula is C8H11N3O4S. The van der Waals surface area contributed by atoms with E-state index in [1.165, 1.54) is 6.20 Å². The zero-order valence-corrected chi connectivity index (χ0v) is 9.32. The number of sulfonamides is 1. The molecule has 0 unspecified atom stereocenters. The van der Waals surface area contributed by atoms with Crippen molar-refractivity contribution in [2.45, 2.75) is 6.61 Å². The molecule has 0 saturated carbocycles. The number of nitrogens with one attached hydrogen (secondary N) is 1. The van der Waals surface area contributed by atoms with Crippen molar-refractivity contribution >= 4 is 21.9 Å². The van der Waals surface area contributed by atoms with Crippen LogP contribution in [0, 0.1) is 0 Å². The number of ether oxygens (including phenoxy) is 1. The van der Waals surface area contributed by atoms with E-state index in [2.05, 4.69) is 14.4 Å². The van der Waals surface area contributed by atoms with Gasteiger partial charge in [0.15, 0.2) is 0 Å². The maximum Gasteiger partial charge on any atom is 0.404 e. The van der Waals surface area contributed by atoms with Crippen molar-refractivity contribution in [3.05, 3.63) is 23.9 Å². The Kier molecular flexibility index (Phi) is 3.67. The van der Waals surface area contributed by atoms with Crippen molar-refractivity contribution in [1.29, 1.82) is 0 Å². The summed E-state index contributed by atoms with van der Waals surface area (Å²) in [7, 11) is -3.42. The van der Waals surface area contributed by atoms with Crippen molar-refractivity contribution in [1.82, 2.24) is 4.98 Å². The van der Waals surface area contributed by atoms with Crippen LogP contribution in [0.1, 0.15) is 5.56 Å². The molecule has 8 heteroatoms. The van der Waals surface area contributed by atoms with Crippen LogP contribution in [-0.2, 0) is 21.4 Å². The Morgan fingerprint density at radius 2 is 2.31 bits per heavy atom. The van der Waals surface area contributed by atoms with Crippen LogP contribution in [0.3, 0.4) is 0 Å². The fourth-order valence-corrected chi connectivity index (χ4v) is 1.51. The first-order valence-electron chi connectivity index (χ1n) is 4.22. The molecule has 0 radical (unpaired) electrons. The Labute approximate surface area is 92.7 Å². The van der Waals surface area contributed by atoms with Crippen molar-refractivity contribution in [3.63, 3.8) is 0 Å². The zero-order chi connectivity index (χ0) is 12.2. The van der Waals surface area contributed by atoms with E-state index in [-0.39, 0.29) is 12.4 Å². The summed E-state index contributed by atoms with van der Waals surface area (Å²) < 4.78 is 28.8. The van der Waals surface area contributed by atoms with Crippen LogP contribution in [0.5, 0.6) is 0 Å². The minimum atomic E-state index is -3.42. The summed E-state index contributed by atoms with van der Waals surface area (Å²) in [4.78, 5) is 14.2. The van der Waals surface area contributed by atoms with Gasteiger partial charge in [-0.1, -0.05) is 6.07 Å². The summed E-state index contributed by atoms with van der Waals surface area (Å²) in [6, 6.07) is 3.16. The Morgan fingerprint density at radius 1 is 1.62 bits per heavy atom. The summed E-state index contributed by atoms with van der Waals surface area (Å²) in [5.41, 5.74) is 5.22. The average molecular weight is 245 g/mol. The second kappa shape index (κ2) is 4.79. The molecule has 0 aromatic carbocycles. The van der Waals surface area contributed by atoms with Crippen LogP contribution < -0.4 is 10.5 Å². The van der Waals surface area contributed by atoms with E-state index in [0.29, 0.717) is 5.56 Å².